The van der Waals surface area contributed by atoms with E-state index in [9.17, 15) is 18.0 Å². The summed E-state index contributed by atoms with van der Waals surface area (Å²) in [6, 6.07) is 0.991. The van der Waals surface area contributed by atoms with Gasteiger partial charge in [0.25, 0.3) is 0 Å². The predicted molar refractivity (Wildman–Crippen MR) is 66.0 cm³/mol. The molecule has 0 aliphatic heterocycles. The highest BCUT2D eigenvalue weighted by Crippen LogP contribution is 2.16. The largest absolute Gasteiger partial charge is 0.477 e. The number of nitrogens with one attached hydrogen (secondary N) is 2. The monoisotopic (exact) mass is 289 g/mol. The second-order valence-corrected chi connectivity index (χ2v) is 6.37. The van der Waals surface area contributed by atoms with Gasteiger partial charge in [-0.2, -0.15) is 0 Å². The molecule has 1 aromatic rings. The summed E-state index contributed by atoms with van der Waals surface area (Å²) in [5.41, 5.74) is 3.72. The maximum atomic E-state index is 12.0. The third-order valence-corrected chi connectivity index (χ3v) is 3.90. The highest BCUT2D eigenvalue weighted by atomic mass is 32.2. The number of primary amides is 1. The van der Waals surface area contributed by atoms with Gasteiger partial charge in [-0.05, 0) is 19.9 Å². The molecule has 19 heavy (non-hydrogen) atoms. The van der Waals surface area contributed by atoms with E-state index in [1.165, 1.54) is 13.8 Å². The van der Waals surface area contributed by atoms with Crippen molar-refractivity contribution >= 4 is 21.9 Å². The quantitative estimate of drug-likeness (QED) is 0.566. The average molecular weight is 289 g/mol. The molecule has 0 aliphatic rings. The number of sulfonamides is 1. The molecule has 9 heteroatoms. The molecule has 0 saturated heterocycles. The summed E-state index contributed by atoms with van der Waals surface area (Å²) in [7, 11) is -3.93. The molecule has 0 spiro atoms. The Morgan fingerprint density at radius 2 is 2.05 bits per heavy atom. The molecule has 1 rings (SSSR count). The zero-order valence-corrected chi connectivity index (χ0v) is 11.2. The van der Waals surface area contributed by atoms with Crippen molar-refractivity contribution in [2.75, 3.05) is 0 Å². The van der Waals surface area contributed by atoms with Gasteiger partial charge in [-0.3, -0.25) is 4.79 Å². The summed E-state index contributed by atoms with van der Waals surface area (Å²) in [5.74, 6) is -1.91. The van der Waals surface area contributed by atoms with Crippen LogP contribution >= 0.6 is 0 Å². The zero-order valence-electron chi connectivity index (χ0n) is 10.4. The Hall–Kier alpha value is -1.87. The second-order valence-electron chi connectivity index (χ2n) is 4.69. The number of nitrogens with two attached hydrogens (primary N) is 1. The van der Waals surface area contributed by atoms with Crippen molar-refractivity contribution in [1.29, 1.82) is 0 Å². The van der Waals surface area contributed by atoms with Crippen LogP contribution in [0.25, 0.3) is 0 Å². The van der Waals surface area contributed by atoms with Crippen LogP contribution in [0.4, 0.5) is 0 Å². The topological polar surface area (TPSA) is 142 Å². The fourth-order valence-corrected chi connectivity index (χ4v) is 2.95. The van der Waals surface area contributed by atoms with Crippen molar-refractivity contribution in [3.05, 3.63) is 18.0 Å². The van der Waals surface area contributed by atoms with E-state index >= 15 is 0 Å². The molecule has 0 unspecified atom stereocenters. The lowest BCUT2D eigenvalue weighted by Gasteiger charge is -2.23. The van der Waals surface area contributed by atoms with E-state index in [1.54, 1.807) is 0 Å². The van der Waals surface area contributed by atoms with Gasteiger partial charge in [-0.25, -0.2) is 17.9 Å². The number of carbonyl (C=O) groups is 2. The Labute approximate surface area is 110 Å². The lowest BCUT2D eigenvalue weighted by atomic mass is 10.0. The SMILES string of the molecule is CC(C)(CC(N)=O)NS(=O)(=O)c1c[nH]c(C(=O)O)c1. The van der Waals surface area contributed by atoms with Gasteiger partial charge < -0.3 is 15.8 Å². The predicted octanol–water partition coefficient (Wildman–Crippen LogP) is -0.355. The van der Waals surface area contributed by atoms with Gasteiger partial charge >= 0.3 is 5.97 Å². The lowest BCUT2D eigenvalue weighted by molar-refractivity contribution is -0.119. The number of amides is 1. The average Bonchev–Trinajstić information content (AvgIpc) is 2.61. The Kier molecular flexibility index (Phi) is 4.01. The molecule has 0 aromatic carbocycles. The molecule has 0 atom stereocenters. The molecular formula is C10H15N3O5S. The van der Waals surface area contributed by atoms with Crippen LogP contribution in [-0.2, 0) is 14.8 Å². The van der Waals surface area contributed by atoms with Crippen LogP contribution < -0.4 is 10.5 Å². The fraction of sp³-hybridized carbons (Fsp3) is 0.400. The number of H-pyrrole nitrogens is 1. The summed E-state index contributed by atoms with van der Waals surface area (Å²) < 4.78 is 26.3. The third kappa shape index (κ3) is 4.07. The van der Waals surface area contributed by atoms with E-state index in [-0.39, 0.29) is 17.0 Å². The normalized spacial score (nSPS) is 12.3. The Morgan fingerprint density at radius 3 is 2.47 bits per heavy atom. The Balaban J connectivity index is 2.97. The van der Waals surface area contributed by atoms with Gasteiger partial charge in [0.2, 0.25) is 15.9 Å². The maximum absolute atomic E-state index is 12.0. The fourth-order valence-electron chi connectivity index (χ4n) is 1.55. The number of hydrogen-bond donors (Lipinski definition) is 4. The van der Waals surface area contributed by atoms with Crippen LogP contribution in [0, 0.1) is 0 Å². The van der Waals surface area contributed by atoms with Crippen LogP contribution in [-0.4, -0.2) is 35.9 Å². The van der Waals surface area contributed by atoms with Crippen molar-refractivity contribution in [2.45, 2.75) is 30.7 Å². The molecule has 8 nitrogen and oxygen atoms in total. The number of carboxylic acid groups (broad SMARTS) is 1. The highest BCUT2D eigenvalue weighted by Gasteiger charge is 2.28. The molecule has 1 amide bonds. The van der Waals surface area contributed by atoms with Gasteiger partial charge in [0.1, 0.15) is 10.6 Å². The number of aromatic nitrogens is 1. The molecule has 0 bridgehead atoms. The number of rotatable bonds is 6. The van der Waals surface area contributed by atoms with E-state index in [4.69, 9.17) is 10.8 Å². The highest BCUT2D eigenvalue weighted by molar-refractivity contribution is 7.89. The van der Waals surface area contributed by atoms with Crippen molar-refractivity contribution in [1.82, 2.24) is 9.71 Å². The lowest BCUT2D eigenvalue weighted by Crippen LogP contribution is -2.45. The molecule has 1 heterocycles. The van der Waals surface area contributed by atoms with E-state index in [0.717, 1.165) is 12.3 Å². The Morgan fingerprint density at radius 1 is 1.47 bits per heavy atom. The van der Waals surface area contributed by atoms with Crippen LogP contribution in [0.3, 0.4) is 0 Å². The smallest absolute Gasteiger partial charge is 0.352 e. The molecule has 0 radical (unpaired) electrons. The molecule has 106 valence electrons. The van der Waals surface area contributed by atoms with Crippen molar-refractivity contribution < 1.29 is 23.1 Å². The molecule has 0 saturated carbocycles. The minimum Gasteiger partial charge on any atom is -0.477 e. The van der Waals surface area contributed by atoms with Gasteiger partial charge in [0.15, 0.2) is 0 Å². The van der Waals surface area contributed by atoms with Gasteiger partial charge in [-0.15, -0.1) is 0 Å². The van der Waals surface area contributed by atoms with Crippen LogP contribution in [0.15, 0.2) is 17.2 Å². The first-order chi connectivity index (χ1) is 8.53. The zero-order chi connectivity index (χ0) is 14.8. The van der Waals surface area contributed by atoms with Crippen LogP contribution in [0.2, 0.25) is 0 Å². The maximum Gasteiger partial charge on any atom is 0.352 e. The molecule has 0 aliphatic carbocycles. The minimum atomic E-state index is -3.93. The summed E-state index contributed by atoms with van der Waals surface area (Å²) in [6.45, 7) is 3.00. The molecule has 0 fully saturated rings. The number of carbonyl (C=O) groups excluding carboxylic acids is 1. The summed E-state index contributed by atoms with van der Waals surface area (Å²) >= 11 is 0. The van der Waals surface area contributed by atoms with Crippen LogP contribution in [0.5, 0.6) is 0 Å². The van der Waals surface area contributed by atoms with E-state index < -0.39 is 27.4 Å². The summed E-state index contributed by atoms with van der Waals surface area (Å²) in [4.78, 5) is 23.6. The second kappa shape index (κ2) is 5.02. The van der Waals surface area contributed by atoms with Crippen molar-refractivity contribution in [2.24, 2.45) is 5.73 Å². The number of aromatic carboxylic acids is 1. The van der Waals surface area contributed by atoms with Crippen LogP contribution in [0.1, 0.15) is 30.8 Å². The van der Waals surface area contributed by atoms with Crippen molar-refractivity contribution in [3.63, 3.8) is 0 Å². The number of hydrogen-bond acceptors (Lipinski definition) is 4. The number of carboxylic acids is 1. The standard InChI is InChI=1S/C10H15N3O5S/c1-10(2,4-8(11)14)13-19(17,18)6-3-7(9(15)16)12-5-6/h3,5,12-13H,4H2,1-2H3,(H2,11,14)(H,15,16). The van der Waals surface area contributed by atoms with E-state index in [1.807, 2.05) is 0 Å². The molecular weight excluding hydrogens is 274 g/mol. The van der Waals surface area contributed by atoms with E-state index in [0.29, 0.717) is 0 Å². The number of aromatic amines is 1. The first-order valence-corrected chi connectivity index (χ1v) is 6.76. The molecule has 5 N–H and O–H groups in total. The molecule has 1 aromatic heterocycles. The Bertz CT molecular complexity index is 602. The minimum absolute atomic E-state index is 0.178. The first kappa shape index (κ1) is 15.2. The summed E-state index contributed by atoms with van der Waals surface area (Å²) in [5, 5.41) is 8.71. The van der Waals surface area contributed by atoms with E-state index in [2.05, 4.69) is 9.71 Å². The van der Waals surface area contributed by atoms with Gasteiger partial charge in [0, 0.05) is 18.2 Å². The van der Waals surface area contributed by atoms with Gasteiger partial charge in [-0.1, -0.05) is 0 Å². The first-order valence-electron chi connectivity index (χ1n) is 5.27. The third-order valence-electron chi connectivity index (χ3n) is 2.22. The van der Waals surface area contributed by atoms with Gasteiger partial charge in [0.05, 0.1) is 0 Å². The van der Waals surface area contributed by atoms with Crippen molar-refractivity contribution in [3.8, 4) is 0 Å². The summed E-state index contributed by atoms with van der Waals surface area (Å²) in [6.07, 6.45) is 0.884.